The van der Waals surface area contributed by atoms with E-state index in [1.54, 1.807) is 6.26 Å². The molecule has 0 saturated heterocycles. The molecule has 0 aliphatic carbocycles. The molecule has 0 aromatic carbocycles. The SMILES string of the molecule is CCN(CCC(C)(C)CN)Cc1ccco1. The first-order chi connectivity index (χ1) is 7.57. The van der Waals surface area contributed by atoms with Gasteiger partial charge in [0.1, 0.15) is 5.76 Å². The molecule has 0 bridgehead atoms. The van der Waals surface area contributed by atoms with Gasteiger partial charge in [-0.05, 0) is 43.6 Å². The second-order valence-electron chi connectivity index (χ2n) is 5.07. The van der Waals surface area contributed by atoms with Crippen molar-refractivity contribution in [3.63, 3.8) is 0 Å². The number of nitrogens with zero attached hydrogens (tertiary/aromatic N) is 1. The molecule has 3 nitrogen and oxygen atoms in total. The van der Waals surface area contributed by atoms with Crippen molar-refractivity contribution < 1.29 is 4.42 Å². The summed E-state index contributed by atoms with van der Waals surface area (Å²) in [7, 11) is 0. The molecule has 0 atom stereocenters. The lowest BCUT2D eigenvalue weighted by Gasteiger charge is -2.27. The molecular weight excluding hydrogens is 200 g/mol. The van der Waals surface area contributed by atoms with E-state index in [2.05, 4.69) is 25.7 Å². The molecule has 0 spiro atoms. The Morgan fingerprint density at radius 3 is 2.69 bits per heavy atom. The average molecular weight is 224 g/mol. The van der Waals surface area contributed by atoms with Gasteiger partial charge in [-0.2, -0.15) is 0 Å². The van der Waals surface area contributed by atoms with Crippen molar-refractivity contribution in [2.24, 2.45) is 11.1 Å². The van der Waals surface area contributed by atoms with Gasteiger partial charge in [0.15, 0.2) is 0 Å². The van der Waals surface area contributed by atoms with Gasteiger partial charge in [0, 0.05) is 0 Å². The van der Waals surface area contributed by atoms with Crippen molar-refractivity contribution >= 4 is 0 Å². The minimum absolute atomic E-state index is 0.233. The molecule has 0 saturated carbocycles. The van der Waals surface area contributed by atoms with Crippen LogP contribution in [0.25, 0.3) is 0 Å². The van der Waals surface area contributed by atoms with Gasteiger partial charge < -0.3 is 10.2 Å². The highest BCUT2D eigenvalue weighted by molar-refractivity contribution is 4.97. The molecule has 1 heterocycles. The molecule has 0 radical (unpaired) electrons. The maximum absolute atomic E-state index is 5.73. The highest BCUT2D eigenvalue weighted by atomic mass is 16.3. The van der Waals surface area contributed by atoms with Crippen molar-refractivity contribution in [1.29, 1.82) is 0 Å². The summed E-state index contributed by atoms with van der Waals surface area (Å²) in [5.41, 5.74) is 5.97. The van der Waals surface area contributed by atoms with E-state index in [0.717, 1.165) is 38.4 Å². The molecule has 0 aliphatic rings. The van der Waals surface area contributed by atoms with Gasteiger partial charge in [-0.3, -0.25) is 4.90 Å². The summed E-state index contributed by atoms with van der Waals surface area (Å²) in [6, 6.07) is 3.96. The Morgan fingerprint density at radius 2 is 2.19 bits per heavy atom. The quantitative estimate of drug-likeness (QED) is 0.773. The van der Waals surface area contributed by atoms with Crippen LogP contribution >= 0.6 is 0 Å². The Morgan fingerprint density at radius 1 is 1.44 bits per heavy atom. The molecule has 16 heavy (non-hydrogen) atoms. The first-order valence-electron chi connectivity index (χ1n) is 6.02. The number of furan rings is 1. The van der Waals surface area contributed by atoms with E-state index in [1.165, 1.54) is 0 Å². The van der Waals surface area contributed by atoms with Crippen molar-refractivity contribution in [3.8, 4) is 0 Å². The Bertz CT molecular complexity index is 280. The third-order valence-electron chi connectivity index (χ3n) is 3.06. The highest BCUT2D eigenvalue weighted by Crippen LogP contribution is 2.19. The Labute approximate surface area is 98.6 Å². The molecule has 0 unspecified atom stereocenters. The Balaban J connectivity index is 2.38. The number of hydrogen-bond acceptors (Lipinski definition) is 3. The van der Waals surface area contributed by atoms with Gasteiger partial charge in [0.05, 0.1) is 12.8 Å². The van der Waals surface area contributed by atoms with Crippen LogP contribution in [0, 0.1) is 5.41 Å². The van der Waals surface area contributed by atoms with Gasteiger partial charge in [-0.15, -0.1) is 0 Å². The summed E-state index contributed by atoms with van der Waals surface area (Å²) in [6.45, 7) is 10.4. The first-order valence-corrected chi connectivity index (χ1v) is 6.02. The third-order valence-corrected chi connectivity index (χ3v) is 3.06. The Hall–Kier alpha value is -0.800. The van der Waals surface area contributed by atoms with Crippen molar-refractivity contribution in [3.05, 3.63) is 24.2 Å². The van der Waals surface area contributed by atoms with Crippen LogP contribution < -0.4 is 5.73 Å². The van der Waals surface area contributed by atoms with Crippen LogP contribution in [-0.4, -0.2) is 24.5 Å². The van der Waals surface area contributed by atoms with Crippen LogP contribution in [0.5, 0.6) is 0 Å². The van der Waals surface area contributed by atoms with Crippen LogP contribution in [0.3, 0.4) is 0 Å². The fourth-order valence-corrected chi connectivity index (χ4v) is 1.53. The van der Waals surface area contributed by atoms with Crippen LogP contribution in [0.1, 0.15) is 33.0 Å². The fourth-order valence-electron chi connectivity index (χ4n) is 1.53. The van der Waals surface area contributed by atoms with E-state index in [4.69, 9.17) is 10.2 Å². The molecule has 3 heteroatoms. The fraction of sp³-hybridized carbons (Fsp3) is 0.692. The molecule has 0 amide bonds. The third kappa shape index (κ3) is 4.37. The van der Waals surface area contributed by atoms with Gasteiger partial charge in [0.2, 0.25) is 0 Å². The lowest BCUT2D eigenvalue weighted by molar-refractivity contribution is 0.210. The van der Waals surface area contributed by atoms with Gasteiger partial charge in [-0.1, -0.05) is 20.8 Å². The highest BCUT2D eigenvalue weighted by Gasteiger charge is 2.17. The molecular formula is C13H24N2O. The zero-order valence-corrected chi connectivity index (χ0v) is 10.7. The second kappa shape index (κ2) is 6.06. The monoisotopic (exact) mass is 224 g/mol. The van der Waals surface area contributed by atoms with E-state index >= 15 is 0 Å². The summed E-state index contributed by atoms with van der Waals surface area (Å²) in [5, 5.41) is 0. The van der Waals surface area contributed by atoms with Crippen molar-refractivity contribution in [2.45, 2.75) is 33.7 Å². The standard InChI is InChI=1S/C13H24N2O/c1-4-15(8-7-13(2,3)11-14)10-12-6-5-9-16-12/h5-6,9H,4,7-8,10-11,14H2,1-3H3. The normalized spacial score (nSPS) is 12.3. The predicted molar refractivity (Wildman–Crippen MR) is 67.1 cm³/mol. The number of hydrogen-bond donors (Lipinski definition) is 1. The van der Waals surface area contributed by atoms with Gasteiger partial charge >= 0.3 is 0 Å². The summed E-state index contributed by atoms with van der Waals surface area (Å²) in [4.78, 5) is 2.39. The molecule has 1 rings (SSSR count). The summed E-state index contributed by atoms with van der Waals surface area (Å²) < 4.78 is 5.36. The number of nitrogens with two attached hydrogens (primary N) is 1. The summed E-state index contributed by atoms with van der Waals surface area (Å²) >= 11 is 0. The minimum atomic E-state index is 0.233. The topological polar surface area (TPSA) is 42.4 Å². The zero-order chi connectivity index (χ0) is 12.0. The van der Waals surface area contributed by atoms with Crippen LogP contribution in [-0.2, 0) is 6.54 Å². The first kappa shape index (κ1) is 13.3. The van der Waals surface area contributed by atoms with Gasteiger partial charge in [-0.25, -0.2) is 0 Å². The van der Waals surface area contributed by atoms with E-state index < -0.39 is 0 Å². The molecule has 1 aromatic heterocycles. The molecule has 2 N–H and O–H groups in total. The second-order valence-corrected chi connectivity index (χ2v) is 5.07. The summed E-state index contributed by atoms with van der Waals surface area (Å²) in [6.07, 6.45) is 2.85. The molecule has 92 valence electrons. The largest absolute Gasteiger partial charge is 0.468 e. The maximum atomic E-state index is 5.73. The van der Waals surface area contributed by atoms with Crippen LogP contribution in [0.15, 0.2) is 22.8 Å². The average Bonchev–Trinajstić information content (AvgIpc) is 2.77. The van der Waals surface area contributed by atoms with Crippen LogP contribution in [0.4, 0.5) is 0 Å². The van der Waals surface area contributed by atoms with E-state index in [1.807, 2.05) is 12.1 Å². The summed E-state index contributed by atoms with van der Waals surface area (Å²) in [5.74, 6) is 1.03. The van der Waals surface area contributed by atoms with Crippen molar-refractivity contribution in [1.82, 2.24) is 4.90 Å². The van der Waals surface area contributed by atoms with Crippen LogP contribution in [0.2, 0.25) is 0 Å². The molecule has 0 aliphatic heterocycles. The molecule has 0 fully saturated rings. The Kier molecular flexibility index (Phi) is 5.03. The van der Waals surface area contributed by atoms with E-state index in [0.29, 0.717) is 0 Å². The predicted octanol–water partition coefficient (Wildman–Crippen LogP) is 2.48. The zero-order valence-electron chi connectivity index (χ0n) is 10.7. The smallest absolute Gasteiger partial charge is 0.117 e. The van der Waals surface area contributed by atoms with Gasteiger partial charge in [0.25, 0.3) is 0 Å². The van der Waals surface area contributed by atoms with Crippen molar-refractivity contribution in [2.75, 3.05) is 19.6 Å². The maximum Gasteiger partial charge on any atom is 0.117 e. The van der Waals surface area contributed by atoms with E-state index in [9.17, 15) is 0 Å². The lowest BCUT2D eigenvalue weighted by Crippen LogP contribution is -2.31. The number of rotatable bonds is 7. The molecule has 1 aromatic rings. The minimum Gasteiger partial charge on any atom is -0.468 e. The van der Waals surface area contributed by atoms with E-state index in [-0.39, 0.29) is 5.41 Å². The lowest BCUT2D eigenvalue weighted by atomic mass is 9.89.